The Balaban J connectivity index is 2.15. The second-order valence-electron chi connectivity index (χ2n) is 5.35. The van der Waals surface area contributed by atoms with Crippen LogP contribution in [0.2, 0.25) is 0 Å². The Labute approximate surface area is 105 Å². The van der Waals surface area contributed by atoms with E-state index in [1.165, 1.54) is 23.1 Å². The van der Waals surface area contributed by atoms with Crippen molar-refractivity contribution in [1.82, 2.24) is 10.2 Å². The number of nitrogens with zero attached hydrogens (tertiary/aromatic N) is 1. The van der Waals surface area contributed by atoms with Crippen LogP contribution in [-0.4, -0.2) is 31.1 Å². The summed E-state index contributed by atoms with van der Waals surface area (Å²) in [4.78, 5) is 2.51. The molecular weight excluding hydrogens is 208 g/mol. The molecule has 1 aromatic rings. The summed E-state index contributed by atoms with van der Waals surface area (Å²) in [5, 5.41) is 3.44. The number of nitrogens with one attached hydrogen (secondary N) is 1. The number of rotatable bonds is 3. The summed E-state index contributed by atoms with van der Waals surface area (Å²) in [6, 6.07) is 7.98. The highest BCUT2D eigenvalue weighted by Crippen LogP contribution is 2.26. The largest absolute Gasteiger partial charge is 0.315 e. The third-order valence-electron chi connectivity index (χ3n) is 4.10. The molecule has 2 nitrogen and oxygen atoms in total. The number of benzene rings is 1. The third kappa shape index (κ3) is 2.70. The van der Waals surface area contributed by atoms with E-state index in [0.717, 1.165) is 13.1 Å². The lowest BCUT2D eigenvalue weighted by Crippen LogP contribution is -2.35. The van der Waals surface area contributed by atoms with Crippen molar-refractivity contribution >= 4 is 0 Å². The first-order valence-electron chi connectivity index (χ1n) is 6.59. The molecule has 2 atom stereocenters. The molecule has 1 aromatic carbocycles. The molecule has 2 unspecified atom stereocenters. The Hall–Kier alpha value is -0.860. The molecule has 17 heavy (non-hydrogen) atoms. The molecule has 1 heterocycles. The first kappa shape index (κ1) is 12.6. The molecule has 1 aliphatic rings. The van der Waals surface area contributed by atoms with E-state index >= 15 is 0 Å². The lowest BCUT2D eigenvalue weighted by molar-refractivity contribution is 0.196. The van der Waals surface area contributed by atoms with Gasteiger partial charge in [0, 0.05) is 18.6 Å². The molecule has 0 amide bonds. The topological polar surface area (TPSA) is 15.3 Å². The highest BCUT2D eigenvalue weighted by molar-refractivity contribution is 5.32. The van der Waals surface area contributed by atoms with Crippen LogP contribution in [-0.2, 0) is 0 Å². The van der Waals surface area contributed by atoms with Crippen molar-refractivity contribution < 1.29 is 0 Å². The minimum Gasteiger partial charge on any atom is -0.315 e. The Morgan fingerprint density at radius 1 is 1.35 bits per heavy atom. The molecule has 1 aliphatic heterocycles. The molecule has 0 aromatic heterocycles. The maximum atomic E-state index is 3.44. The summed E-state index contributed by atoms with van der Waals surface area (Å²) in [7, 11) is 2.25. The zero-order chi connectivity index (χ0) is 12.4. The first-order chi connectivity index (χ1) is 8.09. The lowest BCUT2D eigenvalue weighted by Gasteiger charge is -2.31. The molecule has 1 saturated heterocycles. The van der Waals surface area contributed by atoms with E-state index in [2.05, 4.69) is 56.2 Å². The van der Waals surface area contributed by atoms with Crippen molar-refractivity contribution in [3.63, 3.8) is 0 Å². The van der Waals surface area contributed by atoms with Crippen LogP contribution in [0.25, 0.3) is 0 Å². The standard InChI is InChI=1S/C15H24N2/c1-11-5-6-15(12(2)9-11)13(3)17(4)14-7-8-16-10-14/h5-6,9,13-14,16H,7-8,10H2,1-4H3. The highest BCUT2D eigenvalue weighted by atomic mass is 15.2. The summed E-state index contributed by atoms with van der Waals surface area (Å²) in [5.74, 6) is 0. The second kappa shape index (κ2) is 5.19. The highest BCUT2D eigenvalue weighted by Gasteiger charge is 2.24. The molecule has 0 aliphatic carbocycles. The van der Waals surface area contributed by atoms with E-state index in [0.29, 0.717) is 12.1 Å². The van der Waals surface area contributed by atoms with E-state index in [4.69, 9.17) is 0 Å². The van der Waals surface area contributed by atoms with Crippen LogP contribution < -0.4 is 5.32 Å². The quantitative estimate of drug-likeness (QED) is 0.862. The Morgan fingerprint density at radius 2 is 2.12 bits per heavy atom. The van der Waals surface area contributed by atoms with Crippen molar-refractivity contribution in [2.24, 2.45) is 0 Å². The molecule has 1 fully saturated rings. The molecule has 1 N–H and O–H groups in total. The van der Waals surface area contributed by atoms with Crippen LogP contribution in [0.5, 0.6) is 0 Å². The number of likely N-dealkylation sites (N-methyl/N-ethyl adjacent to an activating group) is 1. The molecule has 0 spiro atoms. The van der Waals surface area contributed by atoms with Crippen molar-refractivity contribution in [2.75, 3.05) is 20.1 Å². The normalized spacial score (nSPS) is 22.1. The van der Waals surface area contributed by atoms with Gasteiger partial charge in [-0.2, -0.15) is 0 Å². The fraction of sp³-hybridized carbons (Fsp3) is 0.600. The van der Waals surface area contributed by atoms with Gasteiger partial charge in [-0.3, -0.25) is 4.90 Å². The van der Waals surface area contributed by atoms with Gasteiger partial charge < -0.3 is 5.32 Å². The molecule has 0 bridgehead atoms. The van der Waals surface area contributed by atoms with Gasteiger partial charge in [-0.15, -0.1) is 0 Å². The predicted octanol–water partition coefficient (Wildman–Crippen LogP) is 2.66. The summed E-state index contributed by atoms with van der Waals surface area (Å²) in [6.07, 6.45) is 1.27. The Kier molecular flexibility index (Phi) is 3.85. The summed E-state index contributed by atoms with van der Waals surface area (Å²) < 4.78 is 0. The smallest absolute Gasteiger partial charge is 0.0322 e. The van der Waals surface area contributed by atoms with Gasteiger partial charge in [0.2, 0.25) is 0 Å². The van der Waals surface area contributed by atoms with Gasteiger partial charge in [0.1, 0.15) is 0 Å². The SMILES string of the molecule is Cc1ccc(C(C)N(C)C2CCNC2)c(C)c1. The fourth-order valence-corrected chi connectivity index (χ4v) is 2.82. The average Bonchev–Trinajstić information content (AvgIpc) is 2.80. The van der Waals surface area contributed by atoms with Crippen molar-refractivity contribution in [3.8, 4) is 0 Å². The Morgan fingerprint density at radius 3 is 2.71 bits per heavy atom. The van der Waals surface area contributed by atoms with E-state index in [-0.39, 0.29) is 0 Å². The molecule has 2 rings (SSSR count). The summed E-state index contributed by atoms with van der Waals surface area (Å²) in [6.45, 7) is 8.99. The first-order valence-corrected chi connectivity index (χ1v) is 6.59. The van der Waals surface area contributed by atoms with Crippen LogP contribution >= 0.6 is 0 Å². The van der Waals surface area contributed by atoms with Gasteiger partial charge in [-0.1, -0.05) is 23.8 Å². The van der Waals surface area contributed by atoms with Crippen LogP contribution in [0.1, 0.15) is 36.1 Å². The summed E-state index contributed by atoms with van der Waals surface area (Å²) in [5.41, 5.74) is 4.23. The fourth-order valence-electron chi connectivity index (χ4n) is 2.82. The van der Waals surface area contributed by atoms with E-state index in [1.54, 1.807) is 0 Å². The van der Waals surface area contributed by atoms with Gasteiger partial charge in [0.15, 0.2) is 0 Å². The lowest BCUT2D eigenvalue weighted by atomic mass is 9.98. The molecule has 0 saturated carbocycles. The van der Waals surface area contributed by atoms with Crippen LogP contribution in [0.4, 0.5) is 0 Å². The van der Waals surface area contributed by atoms with Gasteiger partial charge in [0.05, 0.1) is 0 Å². The van der Waals surface area contributed by atoms with Crippen LogP contribution in [0.3, 0.4) is 0 Å². The maximum absolute atomic E-state index is 3.44. The predicted molar refractivity (Wildman–Crippen MR) is 73.4 cm³/mol. The molecular formula is C15H24N2. The number of hydrogen-bond acceptors (Lipinski definition) is 2. The summed E-state index contributed by atoms with van der Waals surface area (Å²) >= 11 is 0. The number of aryl methyl sites for hydroxylation is 2. The van der Waals surface area contributed by atoms with E-state index in [1.807, 2.05) is 0 Å². The van der Waals surface area contributed by atoms with Crippen LogP contribution in [0.15, 0.2) is 18.2 Å². The van der Waals surface area contributed by atoms with Crippen molar-refractivity contribution in [1.29, 1.82) is 0 Å². The average molecular weight is 232 g/mol. The van der Waals surface area contributed by atoms with E-state index in [9.17, 15) is 0 Å². The third-order valence-corrected chi connectivity index (χ3v) is 4.10. The molecule has 0 radical (unpaired) electrons. The Bertz CT molecular complexity index is 381. The minimum atomic E-state index is 0.500. The maximum Gasteiger partial charge on any atom is 0.0322 e. The van der Waals surface area contributed by atoms with Crippen LogP contribution in [0, 0.1) is 13.8 Å². The van der Waals surface area contributed by atoms with Gasteiger partial charge in [-0.25, -0.2) is 0 Å². The van der Waals surface area contributed by atoms with E-state index < -0.39 is 0 Å². The molecule has 94 valence electrons. The van der Waals surface area contributed by atoms with Gasteiger partial charge in [-0.05, 0) is 51.9 Å². The zero-order valence-electron chi connectivity index (χ0n) is 11.5. The van der Waals surface area contributed by atoms with Crippen molar-refractivity contribution in [2.45, 2.75) is 39.3 Å². The minimum absolute atomic E-state index is 0.500. The van der Waals surface area contributed by atoms with Crippen molar-refractivity contribution in [3.05, 3.63) is 34.9 Å². The van der Waals surface area contributed by atoms with Gasteiger partial charge in [0.25, 0.3) is 0 Å². The number of hydrogen-bond donors (Lipinski definition) is 1. The monoisotopic (exact) mass is 232 g/mol. The zero-order valence-corrected chi connectivity index (χ0v) is 11.5. The second-order valence-corrected chi connectivity index (χ2v) is 5.35. The van der Waals surface area contributed by atoms with Gasteiger partial charge >= 0.3 is 0 Å². The molecule has 2 heteroatoms.